The van der Waals surface area contributed by atoms with Crippen molar-refractivity contribution in [3.05, 3.63) is 16.6 Å². The van der Waals surface area contributed by atoms with E-state index in [4.69, 9.17) is 9.84 Å². The maximum Gasteiger partial charge on any atom is 0.124 e. The third kappa shape index (κ3) is 1.82. The van der Waals surface area contributed by atoms with Crippen LogP contribution in [0.2, 0.25) is 0 Å². The van der Waals surface area contributed by atoms with Crippen LogP contribution in [0.4, 0.5) is 0 Å². The van der Waals surface area contributed by atoms with Crippen LogP contribution in [0.25, 0.3) is 0 Å². The van der Waals surface area contributed by atoms with Gasteiger partial charge in [-0.15, -0.1) is 11.3 Å². The van der Waals surface area contributed by atoms with Gasteiger partial charge in [0.2, 0.25) is 0 Å². The molecule has 0 amide bonds. The molecule has 78 valence electrons. The van der Waals surface area contributed by atoms with Gasteiger partial charge in [-0.1, -0.05) is 0 Å². The van der Waals surface area contributed by atoms with E-state index in [1.54, 1.807) is 17.5 Å². The highest BCUT2D eigenvalue weighted by atomic mass is 32.1. The lowest BCUT2D eigenvalue weighted by molar-refractivity contribution is -0.137. The van der Waals surface area contributed by atoms with Crippen LogP contribution in [-0.4, -0.2) is 22.8 Å². The maximum atomic E-state index is 9.08. The van der Waals surface area contributed by atoms with Gasteiger partial charge in [-0.2, -0.15) is 0 Å². The summed E-state index contributed by atoms with van der Waals surface area (Å²) >= 11 is 1.62. The van der Waals surface area contributed by atoms with Crippen LogP contribution in [0, 0.1) is 0 Å². The average molecular weight is 213 g/mol. The van der Waals surface area contributed by atoms with Crippen molar-refractivity contribution in [3.63, 3.8) is 0 Å². The standard InChI is InChI=1S/C10H15NO2S/c1-10(9-11-5-6-14-9)4-2-3-8(7-12)13-10/h5-6,8,12H,2-4,7H2,1H3. The second kappa shape index (κ2) is 3.96. The highest BCUT2D eigenvalue weighted by molar-refractivity contribution is 7.09. The molecular formula is C10H15NO2S. The van der Waals surface area contributed by atoms with Crippen molar-refractivity contribution in [2.45, 2.75) is 37.9 Å². The monoisotopic (exact) mass is 213 g/mol. The van der Waals surface area contributed by atoms with Crippen LogP contribution < -0.4 is 0 Å². The number of rotatable bonds is 2. The zero-order valence-corrected chi connectivity index (χ0v) is 9.09. The van der Waals surface area contributed by atoms with E-state index in [0.29, 0.717) is 0 Å². The smallest absolute Gasteiger partial charge is 0.124 e. The van der Waals surface area contributed by atoms with E-state index >= 15 is 0 Å². The Morgan fingerprint density at radius 1 is 1.79 bits per heavy atom. The maximum absolute atomic E-state index is 9.08. The minimum Gasteiger partial charge on any atom is -0.394 e. The largest absolute Gasteiger partial charge is 0.394 e. The molecule has 3 nitrogen and oxygen atoms in total. The van der Waals surface area contributed by atoms with Crippen LogP contribution in [0.15, 0.2) is 11.6 Å². The normalized spacial score (nSPS) is 33.1. The molecule has 1 aromatic rings. The van der Waals surface area contributed by atoms with Crippen molar-refractivity contribution in [2.24, 2.45) is 0 Å². The predicted molar refractivity (Wildman–Crippen MR) is 55.3 cm³/mol. The first-order valence-electron chi connectivity index (χ1n) is 4.93. The van der Waals surface area contributed by atoms with Gasteiger partial charge in [0, 0.05) is 11.6 Å². The molecule has 1 saturated heterocycles. The summed E-state index contributed by atoms with van der Waals surface area (Å²) in [5.41, 5.74) is -0.278. The van der Waals surface area contributed by atoms with E-state index in [-0.39, 0.29) is 18.3 Å². The van der Waals surface area contributed by atoms with Gasteiger partial charge in [-0.25, -0.2) is 4.98 Å². The molecule has 4 heteroatoms. The first-order chi connectivity index (χ1) is 6.74. The fourth-order valence-electron chi connectivity index (χ4n) is 1.92. The molecule has 2 unspecified atom stereocenters. The summed E-state index contributed by atoms with van der Waals surface area (Å²) in [5.74, 6) is 0. The Morgan fingerprint density at radius 3 is 3.29 bits per heavy atom. The van der Waals surface area contributed by atoms with Crippen molar-refractivity contribution in [1.29, 1.82) is 0 Å². The zero-order chi connectivity index (χ0) is 10.0. The van der Waals surface area contributed by atoms with E-state index in [9.17, 15) is 0 Å². The van der Waals surface area contributed by atoms with E-state index in [0.717, 1.165) is 24.3 Å². The van der Waals surface area contributed by atoms with Gasteiger partial charge in [0.05, 0.1) is 12.7 Å². The summed E-state index contributed by atoms with van der Waals surface area (Å²) in [4.78, 5) is 4.29. The van der Waals surface area contributed by atoms with E-state index in [1.165, 1.54) is 0 Å². The third-order valence-electron chi connectivity index (χ3n) is 2.70. The number of hydrogen-bond acceptors (Lipinski definition) is 4. The number of aromatic nitrogens is 1. The van der Waals surface area contributed by atoms with Crippen molar-refractivity contribution in [2.75, 3.05) is 6.61 Å². The molecule has 0 bridgehead atoms. The van der Waals surface area contributed by atoms with Gasteiger partial charge in [0.25, 0.3) is 0 Å². The van der Waals surface area contributed by atoms with Crippen molar-refractivity contribution in [1.82, 2.24) is 4.98 Å². The molecule has 1 aliphatic rings. The predicted octanol–water partition coefficient (Wildman–Crippen LogP) is 1.92. The summed E-state index contributed by atoms with van der Waals surface area (Å²) in [6, 6.07) is 0. The van der Waals surface area contributed by atoms with Gasteiger partial charge in [-0.05, 0) is 26.2 Å². The van der Waals surface area contributed by atoms with Crippen LogP contribution in [0.5, 0.6) is 0 Å². The Morgan fingerprint density at radius 2 is 2.64 bits per heavy atom. The van der Waals surface area contributed by atoms with Crippen LogP contribution >= 0.6 is 11.3 Å². The molecule has 0 radical (unpaired) electrons. The fourth-order valence-corrected chi connectivity index (χ4v) is 2.70. The Labute approximate surface area is 87.7 Å². The number of aliphatic hydroxyl groups excluding tert-OH is 1. The highest BCUT2D eigenvalue weighted by Crippen LogP contribution is 2.37. The molecule has 1 fully saturated rings. The lowest BCUT2D eigenvalue weighted by Crippen LogP contribution is -2.37. The van der Waals surface area contributed by atoms with Gasteiger partial charge in [0.1, 0.15) is 10.6 Å². The van der Waals surface area contributed by atoms with E-state index < -0.39 is 0 Å². The SMILES string of the molecule is CC1(c2nccs2)CCCC(CO)O1. The van der Waals surface area contributed by atoms with Crippen LogP contribution in [-0.2, 0) is 10.3 Å². The van der Waals surface area contributed by atoms with Gasteiger partial charge in [-0.3, -0.25) is 0 Å². The first-order valence-corrected chi connectivity index (χ1v) is 5.81. The zero-order valence-electron chi connectivity index (χ0n) is 8.27. The minimum absolute atomic E-state index is 0.0161. The van der Waals surface area contributed by atoms with E-state index in [1.807, 2.05) is 5.38 Å². The van der Waals surface area contributed by atoms with Crippen molar-refractivity contribution < 1.29 is 9.84 Å². The topological polar surface area (TPSA) is 42.4 Å². The highest BCUT2D eigenvalue weighted by Gasteiger charge is 2.36. The number of nitrogens with zero attached hydrogens (tertiary/aromatic N) is 1. The molecule has 14 heavy (non-hydrogen) atoms. The van der Waals surface area contributed by atoms with Crippen LogP contribution in [0.1, 0.15) is 31.2 Å². The van der Waals surface area contributed by atoms with Crippen molar-refractivity contribution >= 4 is 11.3 Å². The quantitative estimate of drug-likeness (QED) is 0.816. The molecule has 0 aromatic carbocycles. The van der Waals surface area contributed by atoms with Crippen LogP contribution in [0.3, 0.4) is 0 Å². The average Bonchev–Trinajstić information content (AvgIpc) is 2.71. The number of thiazole rings is 1. The minimum atomic E-state index is -0.278. The third-order valence-corrected chi connectivity index (χ3v) is 3.71. The Bertz CT molecular complexity index is 288. The first kappa shape index (κ1) is 10.1. The van der Waals surface area contributed by atoms with Gasteiger partial charge in [0.15, 0.2) is 0 Å². The fraction of sp³-hybridized carbons (Fsp3) is 0.700. The Balaban J connectivity index is 2.15. The summed E-state index contributed by atoms with van der Waals surface area (Å²) in [6.07, 6.45) is 4.84. The molecule has 2 heterocycles. The summed E-state index contributed by atoms with van der Waals surface area (Å²) in [5, 5.41) is 12.1. The molecule has 1 aromatic heterocycles. The molecule has 2 atom stereocenters. The lowest BCUT2D eigenvalue weighted by atomic mass is 9.94. The number of ether oxygens (including phenoxy) is 1. The summed E-state index contributed by atoms with van der Waals surface area (Å²) in [7, 11) is 0. The number of aliphatic hydroxyl groups is 1. The van der Waals surface area contributed by atoms with Gasteiger partial charge >= 0.3 is 0 Å². The molecule has 0 spiro atoms. The summed E-state index contributed by atoms with van der Waals surface area (Å²) in [6.45, 7) is 2.18. The Hall–Kier alpha value is -0.450. The summed E-state index contributed by atoms with van der Waals surface area (Å²) < 4.78 is 5.87. The molecule has 0 saturated carbocycles. The molecule has 1 aliphatic heterocycles. The molecule has 0 aliphatic carbocycles. The van der Waals surface area contributed by atoms with Crippen molar-refractivity contribution in [3.8, 4) is 0 Å². The second-order valence-electron chi connectivity index (χ2n) is 3.88. The second-order valence-corrected chi connectivity index (χ2v) is 4.78. The Kier molecular flexibility index (Phi) is 2.85. The number of hydrogen-bond donors (Lipinski definition) is 1. The van der Waals surface area contributed by atoms with E-state index in [2.05, 4.69) is 11.9 Å². The molecule has 2 rings (SSSR count). The molecular weight excluding hydrogens is 198 g/mol. The lowest BCUT2D eigenvalue weighted by Gasteiger charge is -2.36. The van der Waals surface area contributed by atoms with Gasteiger partial charge < -0.3 is 9.84 Å². The molecule has 1 N–H and O–H groups in total.